The molecule has 1 atom stereocenters. The second kappa shape index (κ2) is 8.48. The molecule has 3 rings (SSSR count). The molecule has 4 heteroatoms. The summed E-state index contributed by atoms with van der Waals surface area (Å²) in [5, 5.41) is 3.70. The summed E-state index contributed by atoms with van der Waals surface area (Å²) in [5.41, 5.74) is 3.11. The monoisotopic (exact) mass is 415 g/mol. The van der Waals surface area contributed by atoms with Crippen molar-refractivity contribution >= 4 is 8.07 Å². The average molecular weight is 418 g/mol. The van der Waals surface area contributed by atoms with Gasteiger partial charge < -0.3 is 24.8 Å². The summed E-state index contributed by atoms with van der Waals surface area (Å²) in [5.74, 6) is 0.583. The Bertz CT molecular complexity index is 497. The van der Waals surface area contributed by atoms with Gasteiger partial charge in [-0.25, -0.2) is 5.57 Å². The van der Waals surface area contributed by atoms with Crippen molar-refractivity contribution in [2.24, 2.45) is 5.92 Å². The summed E-state index contributed by atoms with van der Waals surface area (Å²) >= 11 is 0. The molecule has 0 bridgehead atoms. The third-order valence-corrected chi connectivity index (χ3v) is 10.4. The zero-order valence-electron chi connectivity index (χ0n) is 13.1. The Kier molecular flexibility index (Phi) is 8.74. The van der Waals surface area contributed by atoms with Crippen LogP contribution in [0.3, 0.4) is 0 Å². The third kappa shape index (κ3) is 3.44. The van der Waals surface area contributed by atoms with E-state index in [0.717, 1.165) is 6.42 Å². The Labute approximate surface area is 162 Å². The summed E-state index contributed by atoms with van der Waals surface area (Å²) in [4.78, 5) is 0. The van der Waals surface area contributed by atoms with Crippen LogP contribution >= 0.6 is 0 Å². The average Bonchev–Trinajstić information content (AvgIpc) is 2.74. The predicted octanol–water partition coefficient (Wildman–Crippen LogP) is -1.09. The molecule has 2 aliphatic carbocycles. The minimum absolute atomic E-state index is 0. The molecule has 0 N–H and O–H groups in total. The van der Waals surface area contributed by atoms with Gasteiger partial charge in [0.05, 0.1) is 0 Å². The summed E-state index contributed by atoms with van der Waals surface area (Å²) in [6, 6.07) is 2.98. The molecule has 1 heterocycles. The van der Waals surface area contributed by atoms with E-state index in [1.807, 2.05) is 10.4 Å². The van der Waals surface area contributed by atoms with E-state index in [4.69, 9.17) is 0 Å². The van der Waals surface area contributed by atoms with Crippen LogP contribution in [0, 0.1) is 12.0 Å². The summed E-state index contributed by atoms with van der Waals surface area (Å²) in [7, 11) is -1.13. The molecule has 0 amide bonds. The van der Waals surface area contributed by atoms with Crippen molar-refractivity contribution in [1.82, 2.24) is 0 Å². The molecule has 0 saturated carbocycles. The van der Waals surface area contributed by atoms with Gasteiger partial charge in [0.2, 0.25) is 0 Å². The Morgan fingerprint density at radius 1 is 1.19 bits per heavy atom. The van der Waals surface area contributed by atoms with Crippen molar-refractivity contribution in [3.05, 3.63) is 45.8 Å². The number of allylic oxidation sites excluding steroid dienone is 8. The first-order valence-electron chi connectivity index (χ1n) is 7.45. The number of halogens is 2. The summed E-state index contributed by atoms with van der Waals surface area (Å²) < 4.78 is 0. The zero-order chi connectivity index (χ0) is 12.8. The second-order valence-corrected chi connectivity index (χ2v) is 10.1. The van der Waals surface area contributed by atoms with E-state index in [0.29, 0.717) is 5.92 Å². The van der Waals surface area contributed by atoms with Crippen LogP contribution in [0.25, 0.3) is 0 Å². The van der Waals surface area contributed by atoms with E-state index < -0.39 is 8.07 Å². The maximum Gasteiger partial charge on any atom is 3.00 e. The molecule has 0 saturated heterocycles. The molecular formula is C17H23Cl2SiZr. The predicted molar refractivity (Wildman–Crippen MR) is 80.7 cm³/mol. The molecule has 0 fully saturated rings. The van der Waals surface area contributed by atoms with Crippen molar-refractivity contribution < 1.29 is 51.0 Å². The van der Waals surface area contributed by atoms with Gasteiger partial charge in [0.15, 0.2) is 0 Å². The van der Waals surface area contributed by atoms with Crippen molar-refractivity contribution in [3.8, 4) is 0 Å². The fraction of sp³-hybridized carbons (Fsp3) is 0.529. The minimum Gasteiger partial charge on any atom is -1.00 e. The Morgan fingerprint density at radius 2 is 1.81 bits per heavy atom. The first kappa shape index (κ1) is 21.6. The summed E-state index contributed by atoms with van der Waals surface area (Å²) in [6.07, 6.45) is 14.4. The molecule has 1 aliphatic heterocycles. The number of rotatable bonds is 5. The number of hydrogen-bond acceptors (Lipinski definition) is 0. The molecule has 0 aromatic carbocycles. The minimum atomic E-state index is -1.13. The van der Waals surface area contributed by atoms with Gasteiger partial charge in [-0.1, -0.05) is 75.4 Å². The third-order valence-electron chi connectivity index (χ3n) is 4.75. The van der Waals surface area contributed by atoms with Crippen LogP contribution in [0.5, 0.6) is 0 Å². The van der Waals surface area contributed by atoms with E-state index in [1.54, 1.807) is 5.57 Å². The van der Waals surface area contributed by atoms with Crippen LogP contribution in [0.2, 0.25) is 12.1 Å². The normalized spacial score (nSPS) is 23.5. The zero-order valence-corrected chi connectivity index (χ0v) is 18.1. The first-order chi connectivity index (χ1) is 8.74. The van der Waals surface area contributed by atoms with Gasteiger partial charge in [-0.15, -0.1) is 0 Å². The maximum absolute atomic E-state index is 3.74. The molecule has 0 nitrogen and oxygen atoms in total. The van der Waals surface area contributed by atoms with Crippen LogP contribution in [0.1, 0.15) is 40.0 Å². The molecule has 21 heavy (non-hydrogen) atoms. The number of hydrogen-bond donors (Lipinski definition) is 0. The van der Waals surface area contributed by atoms with Gasteiger partial charge in [-0.05, 0) is 6.42 Å². The smallest absolute Gasteiger partial charge is 1.00 e. The van der Waals surface area contributed by atoms with Crippen molar-refractivity contribution in [2.75, 3.05) is 0 Å². The molecule has 113 valence electrons. The topological polar surface area (TPSA) is 0 Å². The summed E-state index contributed by atoms with van der Waals surface area (Å²) in [6.45, 7) is 7.01. The van der Waals surface area contributed by atoms with Crippen molar-refractivity contribution in [3.63, 3.8) is 0 Å². The van der Waals surface area contributed by atoms with E-state index in [9.17, 15) is 0 Å². The Hall–Kier alpha value is 0.640. The van der Waals surface area contributed by atoms with E-state index in [-0.39, 0.29) is 51.0 Å². The van der Waals surface area contributed by atoms with Crippen molar-refractivity contribution in [1.29, 1.82) is 0 Å². The second-order valence-electron chi connectivity index (χ2n) is 5.95. The van der Waals surface area contributed by atoms with Gasteiger partial charge >= 0.3 is 26.2 Å². The largest absolute Gasteiger partial charge is 3.00 e. The fourth-order valence-electron chi connectivity index (χ4n) is 4.18. The van der Waals surface area contributed by atoms with E-state index in [2.05, 4.69) is 45.1 Å². The molecule has 1 radical (unpaired) electrons. The SMILES string of the molecule is CCC[Si]1(CCC)C2=C1C(C1=CC=CC1)[C-]=C2C.[Cl-].[Cl-].[Zr+3]. The molecule has 3 aliphatic rings. The standard InChI is InChI=1S/C17H23Si.2ClH.Zr/c1-4-10-18(11-5-2)16-13(3)12-15(17(16)18)14-8-6-7-9-14;;;/h6-8,15H,4-5,9-11H2,1-3H3;2*1H;/q-1;;;+3/p-2. The van der Waals surface area contributed by atoms with Gasteiger partial charge in [0.1, 0.15) is 0 Å². The van der Waals surface area contributed by atoms with Crippen LogP contribution in [-0.4, -0.2) is 8.07 Å². The fourth-order valence-corrected chi connectivity index (χ4v) is 10.4. The van der Waals surface area contributed by atoms with Crippen LogP contribution in [-0.2, 0) is 26.2 Å². The molecule has 0 spiro atoms. The van der Waals surface area contributed by atoms with Crippen LogP contribution < -0.4 is 24.8 Å². The van der Waals surface area contributed by atoms with Gasteiger partial charge in [0.25, 0.3) is 0 Å². The van der Waals surface area contributed by atoms with Gasteiger partial charge in [-0.3, -0.25) is 6.08 Å². The van der Waals surface area contributed by atoms with E-state index >= 15 is 0 Å². The van der Waals surface area contributed by atoms with Gasteiger partial charge in [0, 0.05) is 8.07 Å². The van der Waals surface area contributed by atoms with Crippen LogP contribution in [0.15, 0.2) is 39.8 Å². The van der Waals surface area contributed by atoms with Gasteiger partial charge in [-0.2, -0.15) is 10.4 Å². The molecular weight excluding hydrogens is 394 g/mol. The Balaban J connectivity index is 0.00000133. The van der Waals surface area contributed by atoms with Crippen molar-refractivity contribution in [2.45, 2.75) is 52.1 Å². The molecule has 0 aromatic rings. The quantitative estimate of drug-likeness (QED) is 0.394. The first-order valence-corrected chi connectivity index (χ1v) is 9.87. The Morgan fingerprint density at radius 3 is 2.29 bits per heavy atom. The molecule has 0 aromatic heterocycles. The van der Waals surface area contributed by atoms with Crippen LogP contribution in [0.4, 0.5) is 0 Å². The molecule has 1 unspecified atom stereocenters. The van der Waals surface area contributed by atoms with E-state index in [1.165, 1.54) is 30.5 Å². The maximum atomic E-state index is 3.74.